The Bertz CT molecular complexity index is 2740. The van der Waals surface area contributed by atoms with Crippen LogP contribution in [0.2, 0.25) is 0 Å². The van der Waals surface area contributed by atoms with Crippen molar-refractivity contribution in [1.82, 2.24) is 4.98 Å². The molecular formula is C51H45NO18. The molecular weight excluding hydrogens is 915 g/mol. The van der Waals surface area contributed by atoms with Gasteiger partial charge >= 0.3 is 23.9 Å². The van der Waals surface area contributed by atoms with Gasteiger partial charge in [-0.1, -0.05) is 0 Å². The molecule has 0 saturated carbocycles. The molecule has 19 heteroatoms. The van der Waals surface area contributed by atoms with Gasteiger partial charge in [0.15, 0.2) is 46.0 Å². The molecule has 8 atom stereocenters. The van der Waals surface area contributed by atoms with E-state index >= 15 is 0 Å². The number of rotatable bonds is 12. The lowest BCUT2D eigenvalue weighted by atomic mass is 9.66. The first-order valence-electron chi connectivity index (χ1n) is 22.2. The minimum atomic E-state index is -1.02. The highest BCUT2D eigenvalue weighted by Gasteiger charge is 2.56. The molecule has 2 saturated heterocycles. The van der Waals surface area contributed by atoms with E-state index in [1.807, 2.05) is 0 Å². The Labute approximate surface area is 399 Å². The zero-order valence-electron chi connectivity index (χ0n) is 38.6. The number of carbonyl (C=O) groups is 4. The minimum absolute atomic E-state index is 0.0315. The van der Waals surface area contributed by atoms with Crippen LogP contribution in [0.5, 0.6) is 57.5 Å². The molecule has 0 amide bonds. The van der Waals surface area contributed by atoms with E-state index in [1.54, 1.807) is 48.5 Å². The van der Waals surface area contributed by atoms with E-state index in [1.165, 1.54) is 61.1 Å². The minimum Gasteiger partial charge on any atom is -0.493 e. The maximum Gasteiger partial charge on any atom is 0.340 e. The normalized spacial score (nSPS) is 23.9. The van der Waals surface area contributed by atoms with Gasteiger partial charge < -0.3 is 66.3 Å². The Morgan fingerprint density at radius 3 is 1.17 bits per heavy atom. The van der Waals surface area contributed by atoms with Gasteiger partial charge in [-0.2, -0.15) is 0 Å². The highest BCUT2D eigenvalue weighted by Crippen LogP contribution is 2.59. The van der Waals surface area contributed by atoms with E-state index in [0.29, 0.717) is 90.9 Å². The summed E-state index contributed by atoms with van der Waals surface area (Å²) in [6.45, 7) is -0.176. The Morgan fingerprint density at radius 1 is 0.471 bits per heavy atom. The predicted octanol–water partition coefficient (Wildman–Crippen LogP) is 6.26. The Kier molecular flexibility index (Phi) is 11.1. The summed E-state index contributed by atoms with van der Waals surface area (Å²) in [4.78, 5) is 60.7. The van der Waals surface area contributed by atoms with Crippen molar-refractivity contribution < 1.29 is 85.5 Å². The van der Waals surface area contributed by atoms with Crippen LogP contribution in [-0.4, -0.2) is 98.3 Å². The fourth-order valence-electron chi connectivity index (χ4n) is 10.9. The van der Waals surface area contributed by atoms with Gasteiger partial charge in [0.25, 0.3) is 0 Å². The molecule has 0 N–H and O–H groups in total. The molecule has 0 radical (unpaired) electrons. The van der Waals surface area contributed by atoms with Crippen molar-refractivity contribution in [3.63, 3.8) is 0 Å². The zero-order valence-corrected chi connectivity index (χ0v) is 38.6. The lowest BCUT2D eigenvalue weighted by molar-refractivity contribution is -0.142. The summed E-state index contributed by atoms with van der Waals surface area (Å²) in [5, 5.41) is 0. The molecule has 70 heavy (non-hydrogen) atoms. The van der Waals surface area contributed by atoms with Crippen molar-refractivity contribution in [2.24, 2.45) is 23.7 Å². The second-order valence-electron chi connectivity index (χ2n) is 17.3. The first kappa shape index (κ1) is 44.4. The van der Waals surface area contributed by atoms with Gasteiger partial charge in [0.05, 0.1) is 78.8 Å². The van der Waals surface area contributed by atoms with Crippen molar-refractivity contribution in [3.05, 3.63) is 111 Å². The molecule has 4 aliphatic heterocycles. The fourth-order valence-corrected chi connectivity index (χ4v) is 10.9. The molecule has 2 fully saturated rings. The first-order valence-corrected chi connectivity index (χ1v) is 22.2. The standard InChI is InChI=1S/C51H45NO18/c1-57-36-8-22(9-37(58-2)46(36)61-5)40-26-12-32-34(67-20-65-32)14-28(26)44(30-18-63-50(55)42(30)40)69-48(53)24-7-25(17-52-16-24)49(54)70-45-29-15-35-33(66-21-68-35)13-27(29)41(43-31(45)19-64-51(43)56)23-10-38(59-3)47(62-6)39(11-23)60-4/h7-17,30-31,40-45H,18-21H2,1-6H3. The second kappa shape index (κ2) is 17.5. The average Bonchev–Trinajstić information content (AvgIpc) is 4.22. The van der Waals surface area contributed by atoms with Crippen molar-refractivity contribution >= 4 is 23.9 Å². The summed E-state index contributed by atoms with van der Waals surface area (Å²) < 4.78 is 81.2. The number of pyridine rings is 1. The lowest BCUT2D eigenvalue weighted by Gasteiger charge is -2.38. The quantitative estimate of drug-likeness (QED) is 0.0998. The van der Waals surface area contributed by atoms with Crippen LogP contribution in [0.15, 0.2) is 67.0 Å². The van der Waals surface area contributed by atoms with Crippen LogP contribution in [0.4, 0.5) is 0 Å². The molecule has 1 aromatic heterocycles. The molecule has 4 aromatic carbocycles. The third-order valence-electron chi connectivity index (χ3n) is 14.0. The molecule has 362 valence electrons. The number of hydrogen-bond acceptors (Lipinski definition) is 19. The average molecular weight is 960 g/mol. The van der Waals surface area contributed by atoms with Crippen molar-refractivity contribution in [3.8, 4) is 57.5 Å². The summed E-state index contributed by atoms with van der Waals surface area (Å²) in [7, 11) is 9.01. The zero-order chi connectivity index (χ0) is 48.5. The predicted molar refractivity (Wildman–Crippen MR) is 237 cm³/mol. The van der Waals surface area contributed by atoms with E-state index < -0.39 is 71.6 Å². The number of benzene rings is 4. The summed E-state index contributed by atoms with van der Waals surface area (Å²) in [6, 6.07) is 15.5. The van der Waals surface area contributed by atoms with Gasteiger partial charge in [-0.25, -0.2) is 9.59 Å². The maximum atomic E-state index is 14.4. The van der Waals surface area contributed by atoms with Crippen LogP contribution < -0.4 is 47.4 Å². The number of cyclic esters (lactones) is 2. The topological polar surface area (TPSA) is 210 Å². The van der Waals surface area contributed by atoms with Crippen LogP contribution in [0, 0.1) is 23.7 Å². The van der Waals surface area contributed by atoms with Crippen LogP contribution in [0.3, 0.4) is 0 Å². The van der Waals surface area contributed by atoms with Crippen LogP contribution in [0.1, 0.15) is 78.1 Å². The third-order valence-corrected chi connectivity index (χ3v) is 14.0. The van der Waals surface area contributed by atoms with E-state index in [2.05, 4.69) is 4.98 Å². The van der Waals surface area contributed by atoms with Gasteiger partial charge in [-0.15, -0.1) is 0 Å². The Balaban J connectivity index is 0.922. The van der Waals surface area contributed by atoms with Gasteiger partial charge in [0, 0.05) is 47.2 Å². The summed E-state index contributed by atoms with van der Waals surface area (Å²) in [5.74, 6) is -2.86. The Morgan fingerprint density at radius 2 is 0.829 bits per heavy atom. The number of hydrogen-bond donors (Lipinski definition) is 0. The van der Waals surface area contributed by atoms with E-state index in [9.17, 15) is 19.2 Å². The monoisotopic (exact) mass is 959 g/mol. The first-order chi connectivity index (χ1) is 34.1. The van der Waals surface area contributed by atoms with Gasteiger partial charge in [-0.3, -0.25) is 14.6 Å². The molecule has 19 nitrogen and oxygen atoms in total. The largest absolute Gasteiger partial charge is 0.493 e. The molecule has 5 aromatic rings. The number of aromatic nitrogens is 1. The van der Waals surface area contributed by atoms with E-state index in [4.69, 9.17) is 66.3 Å². The number of fused-ring (bicyclic) bond motifs is 6. The molecule has 2 aliphatic carbocycles. The number of methoxy groups -OCH3 is 6. The van der Waals surface area contributed by atoms with E-state index in [-0.39, 0.29) is 37.9 Å². The fraction of sp³-hybridized carbons (Fsp3) is 0.353. The summed E-state index contributed by atoms with van der Waals surface area (Å²) in [6.07, 6.45) is 0.494. The Hall–Kier alpha value is -8.09. The number of esters is 4. The molecule has 5 heterocycles. The van der Waals surface area contributed by atoms with Crippen molar-refractivity contribution in [2.45, 2.75) is 24.0 Å². The van der Waals surface area contributed by atoms with Crippen LogP contribution >= 0.6 is 0 Å². The van der Waals surface area contributed by atoms with Crippen LogP contribution in [0.25, 0.3) is 0 Å². The van der Waals surface area contributed by atoms with Crippen molar-refractivity contribution in [2.75, 3.05) is 69.5 Å². The van der Waals surface area contributed by atoms with Gasteiger partial charge in [-0.05, 0) is 76.9 Å². The van der Waals surface area contributed by atoms with Crippen molar-refractivity contribution in [1.29, 1.82) is 0 Å². The van der Waals surface area contributed by atoms with Gasteiger partial charge in [0.2, 0.25) is 25.1 Å². The highest BCUT2D eigenvalue weighted by molar-refractivity contribution is 5.95. The van der Waals surface area contributed by atoms with E-state index in [0.717, 1.165) is 0 Å². The summed E-state index contributed by atoms with van der Waals surface area (Å²) >= 11 is 0. The number of carbonyl (C=O) groups excluding carboxylic acids is 4. The third kappa shape index (κ3) is 7.04. The maximum absolute atomic E-state index is 14.4. The molecule has 8 unspecified atom stereocenters. The number of nitrogens with zero attached hydrogens (tertiary/aromatic N) is 1. The second-order valence-corrected chi connectivity index (χ2v) is 17.3. The molecule has 0 bridgehead atoms. The molecule has 11 rings (SSSR count). The summed E-state index contributed by atoms with van der Waals surface area (Å²) in [5.41, 5.74) is 3.55. The molecule has 6 aliphatic rings. The van der Waals surface area contributed by atoms with Crippen LogP contribution in [-0.2, 0) is 28.5 Å². The SMILES string of the molecule is COc1cc(C2c3cc4c(cc3C(OC(=O)c3cncc(C(=O)OC5c6cc7c(cc6C(c6cc(OC)c(OC)c(OC)c6)C6C(=O)OCC56)OCO7)c3)C3COC(=O)C23)OCO4)cc(OC)c1OC. The smallest absolute Gasteiger partial charge is 0.340 e. The number of ether oxygens (including phenoxy) is 14. The molecule has 0 spiro atoms. The van der Waals surface area contributed by atoms with Gasteiger partial charge in [0.1, 0.15) is 12.2 Å². The highest BCUT2D eigenvalue weighted by atomic mass is 16.7. The lowest BCUT2D eigenvalue weighted by Crippen LogP contribution is -2.37.